The Morgan fingerprint density at radius 2 is 2.06 bits per heavy atom. The standard InChI is InChI=1S/C11H12ClN5/c1-6-9(10(12)17-11(13)16-6)7-3-4-8(14-2)15-5-7/h3-5H,1-2H3,(H,14,15)(H2,13,16,17). The molecule has 5 nitrogen and oxygen atoms in total. The van der Waals surface area contributed by atoms with Crippen molar-refractivity contribution in [3.05, 3.63) is 29.2 Å². The van der Waals surface area contributed by atoms with Crippen molar-refractivity contribution in [1.29, 1.82) is 0 Å². The van der Waals surface area contributed by atoms with Gasteiger partial charge in [0, 0.05) is 24.4 Å². The molecular formula is C11H12ClN5. The Morgan fingerprint density at radius 3 is 2.59 bits per heavy atom. The molecule has 6 heteroatoms. The van der Waals surface area contributed by atoms with Gasteiger partial charge in [0.25, 0.3) is 0 Å². The van der Waals surface area contributed by atoms with Gasteiger partial charge in [-0.1, -0.05) is 11.6 Å². The van der Waals surface area contributed by atoms with Crippen LogP contribution in [0.5, 0.6) is 0 Å². The van der Waals surface area contributed by atoms with Crippen LogP contribution in [0.4, 0.5) is 11.8 Å². The zero-order valence-electron chi connectivity index (χ0n) is 9.53. The first-order valence-corrected chi connectivity index (χ1v) is 5.43. The molecular weight excluding hydrogens is 238 g/mol. The summed E-state index contributed by atoms with van der Waals surface area (Å²) in [6.45, 7) is 1.84. The molecule has 0 fully saturated rings. The molecule has 0 saturated carbocycles. The van der Waals surface area contributed by atoms with Crippen LogP contribution < -0.4 is 11.1 Å². The minimum Gasteiger partial charge on any atom is -0.373 e. The number of halogens is 1. The number of aryl methyl sites for hydroxylation is 1. The Balaban J connectivity index is 2.52. The lowest BCUT2D eigenvalue weighted by atomic mass is 10.1. The second-order valence-electron chi connectivity index (χ2n) is 3.52. The maximum Gasteiger partial charge on any atom is 0.221 e. The Kier molecular flexibility index (Phi) is 3.10. The van der Waals surface area contributed by atoms with Gasteiger partial charge < -0.3 is 11.1 Å². The number of nitrogen functional groups attached to an aromatic ring is 1. The molecule has 88 valence electrons. The maximum atomic E-state index is 6.07. The van der Waals surface area contributed by atoms with Crippen LogP contribution in [0.3, 0.4) is 0 Å². The van der Waals surface area contributed by atoms with E-state index < -0.39 is 0 Å². The third kappa shape index (κ3) is 2.29. The second kappa shape index (κ2) is 4.55. The van der Waals surface area contributed by atoms with Crippen molar-refractivity contribution in [2.24, 2.45) is 0 Å². The van der Waals surface area contributed by atoms with Crippen molar-refractivity contribution in [3.63, 3.8) is 0 Å². The van der Waals surface area contributed by atoms with Crippen molar-refractivity contribution in [1.82, 2.24) is 15.0 Å². The van der Waals surface area contributed by atoms with E-state index in [1.807, 2.05) is 26.1 Å². The van der Waals surface area contributed by atoms with Crippen molar-refractivity contribution < 1.29 is 0 Å². The summed E-state index contributed by atoms with van der Waals surface area (Å²) in [5, 5.41) is 3.29. The molecule has 0 aromatic carbocycles. The summed E-state index contributed by atoms with van der Waals surface area (Å²) in [7, 11) is 1.81. The SMILES string of the molecule is CNc1ccc(-c2c(C)nc(N)nc2Cl)cn1. The van der Waals surface area contributed by atoms with Gasteiger partial charge in [0.05, 0.1) is 5.69 Å². The highest BCUT2D eigenvalue weighted by Gasteiger charge is 2.11. The molecule has 0 unspecified atom stereocenters. The summed E-state index contributed by atoms with van der Waals surface area (Å²) in [6.07, 6.45) is 1.72. The van der Waals surface area contributed by atoms with Crippen molar-refractivity contribution in [2.75, 3.05) is 18.1 Å². The highest BCUT2D eigenvalue weighted by atomic mass is 35.5. The fourth-order valence-electron chi connectivity index (χ4n) is 1.58. The van der Waals surface area contributed by atoms with Crippen LogP contribution in [0.2, 0.25) is 5.15 Å². The number of nitrogens with zero attached hydrogens (tertiary/aromatic N) is 3. The highest BCUT2D eigenvalue weighted by molar-refractivity contribution is 6.32. The molecule has 0 aliphatic rings. The Bertz CT molecular complexity index is 515. The zero-order chi connectivity index (χ0) is 12.4. The molecule has 2 heterocycles. The zero-order valence-corrected chi connectivity index (χ0v) is 10.3. The fourth-order valence-corrected chi connectivity index (χ4v) is 1.91. The molecule has 2 aromatic heterocycles. The van der Waals surface area contributed by atoms with E-state index in [1.54, 1.807) is 6.20 Å². The average Bonchev–Trinajstić information content (AvgIpc) is 2.28. The highest BCUT2D eigenvalue weighted by Crippen LogP contribution is 2.29. The van der Waals surface area contributed by atoms with Crippen LogP contribution in [-0.2, 0) is 0 Å². The number of rotatable bonds is 2. The predicted octanol–water partition coefficient (Wildman–Crippen LogP) is 2.12. The third-order valence-electron chi connectivity index (χ3n) is 2.37. The lowest BCUT2D eigenvalue weighted by Gasteiger charge is -2.08. The molecule has 0 radical (unpaired) electrons. The summed E-state index contributed by atoms with van der Waals surface area (Å²) < 4.78 is 0. The quantitative estimate of drug-likeness (QED) is 0.798. The van der Waals surface area contributed by atoms with E-state index >= 15 is 0 Å². The molecule has 0 atom stereocenters. The first-order valence-electron chi connectivity index (χ1n) is 5.05. The predicted molar refractivity (Wildman–Crippen MR) is 69.0 cm³/mol. The minimum atomic E-state index is 0.177. The second-order valence-corrected chi connectivity index (χ2v) is 3.87. The number of nitrogens with two attached hydrogens (primary N) is 1. The topological polar surface area (TPSA) is 76.7 Å². The van der Waals surface area contributed by atoms with Crippen LogP contribution in [-0.4, -0.2) is 22.0 Å². The number of anilines is 2. The van der Waals surface area contributed by atoms with Crippen LogP contribution >= 0.6 is 11.6 Å². The molecule has 2 rings (SSSR count). The summed E-state index contributed by atoms with van der Waals surface area (Å²) in [5.74, 6) is 0.968. The monoisotopic (exact) mass is 249 g/mol. The van der Waals surface area contributed by atoms with E-state index in [4.69, 9.17) is 17.3 Å². The molecule has 0 amide bonds. The normalized spacial score (nSPS) is 10.3. The first-order chi connectivity index (χ1) is 8.11. The number of aromatic nitrogens is 3. The molecule has 0 bridgehead atoms. The maximum absolute atomic E-state index is 6.07. The molecule has 0 aliphatic carbocycles. The van der Waals surface area contributed by atoms with E-state index in [2.05, 4.69) is 20.3 Å². The van der Waals surface area contributed by atoms with E-state index in [-0.39, 0.29) is 5.95 Å². The minimum absolute atomic E-state index is 0.177. The van der Waals surface area contributed by atoms with Gasteiger partial charge in [-0.3, -0.25) is 0 Å². The lowest BCUT2D eigenvalue weighted by Crippen LogP contribution is -2.00. The molecule has 0 saturated heterocycles. The van der Waals surface area contributed by atoms with Crippen LogP contribution in [0.25, 0.3) is 11.1 Å². The van der Waals surface area contributed by atoms with Gasteiger partial charge >= 0.3 is 0 Å². The van der Waals surface area contributed by atoms with Crippen LogP contribution in [0, 0.1) is 6.92 Å². The molecule has 0 aliphatic heterocycles. The number of hydrogen-bond acceptors (Lipinski definition) is 5. The van der Waals surface area contributed by atoms with E-state index in [0.717, 1.165) is 22.6 Å². The van der Waals surface area contributed by atoms with E-state index in [9.17, 15) is 0 Å². The van der Waals surface area contributed by atoms with E-state index in [1.165, 1.54) is 0 Å². The number of nitrogens with one attached hydrogen (secondary N) is 1. The molecule has 3 N–H and O–H groups in total. The van der Waals surface area contributed by atoms with Crippen LogP contribution in [0.1, 0.15) is 5.69 Å². The smallest absolute Gasteiger partial charge is 0.221 e. The Morgan fingerprint density at radius 1 is 1.29 bits per heavy atom. The lowest BCUT2D eigenvalue weighted by molar-refractivity contribution is 1.12. The van der Waals surface area contributed by atoms with Gasteiger partial charge in [-0.15, -0.1) is 0 Å². The summed E-state index contributed by atoms with van der Waals surface area (Å²) in [6, 6.07) is 3.77. The van der Waals surface area contributed by atoms with Gasteiger partial charge in [-0.2, -0.15) is 0 Å². The molecule has 2 aromatic rings. The number of pyridine rings is 1. The summed E-state index contributed by atoms with van der Waals surface area (Å²) in [5.41, 5.74) is 7.88. The van der Waals surface area contributed by atoms with Gasteiger partial charge in [0.1, 0.15) is 11.0 Å². The first kappa shape index (κ1) is 11.6. The summed E-state index contributed by atoms with van der Waals surface area (Å²) in [4.78, 5) is 12.3. The average molecular weight is 250 g/mol. The van der Waals surface area contributed by atoms with Crippen molar-refractivity contribution in [2.45, 2.75) is 6.92 Å². The largest absolute Gasteiger partial charge is 0.373 e. The third-order valence-corrected chi connectivity index (χ3v) is 2.64. The van der Waals surface area contributed by atoms with Gasteiger partial charge in [0.2, 0.25) is 5.95 Å². The van der Waals surface area contributed by atoms with Crippen molar-refractivity contribution in [3.8, 4) is 11.1 Å². The Labute approximate surface area is 104 Å². The molecule has 0 spiro atoms. The van der Waals surface area contributed by atoms with Gasteiger partial charge in [0.15, 0.2) is 0 Å². The van der Waals surface area contributed by atoms with E-state index in [0.29, 0.717) is 5.15 Å². The summed E-state index contributed by atoms with van der Waals surface area (Å²) >= 11 is 6.07. The van der Waals surface area contributed by atoms with Gasteiger partial charge in [-0.25, -0.2) is 15.0 Å². The Hall–Kier alpha value is -1.88. The molecule has 17 heavy (non-hydrogen) atoms. The van der Waals surface area contributed by atoms with Crippen LogP contribution in [0.15, 0.2) is 18.3 Å². The number of hydrogen-bond donors (Lipinski definition) is 2. The van der Waals surface area contributed by atoms with Gasteiger partial charge in [-0.05, 0) is 19.1 Å². The van der Waals surface area contributed by atoms with Crippen molar-refractivity contribution >= 4 is 23.4 Å². The fraction of sp³-hybridized carbons (Fsp3) is 0.182.